The summed E-state index contributed by atoms with van der Waals surface area (Å²) in [5, 5.41) is 3.57. The lowest BCUT2D eigenvalue weighted by molar-refractivity contribution is 0.0272. The molecule has 2 aliphatic rings. The van der Waals surface area contributed by atoms with E-state index in [4.69, 9.17) is 37.4 Å². The predicted molar refractivity (Wildman–Crippen MR) is 144 cm³/mol. The number of carbonyl (C=O) groups is 1. The second-order valence-electron chi connectivity index (χ2n) is 10.7. The number of hydrogen-bond donors (Lipinski definition) is 1. The Hall–Kier alpha value is -3.04. The van der Waals surface area contributed by atoms with Gasteiger partial charge >= 0.3 is 6.09 Å². The van der Waals surface area contributed by atoms with E-state index in [9.17, 15) is 9.18 Å². The van der Waals surface area contributed by atoms with Crippen molar-refractivity contribution in [2.24, 2.45) is 11.8 Å². The van der Waals surface area contributed by atoms with Gasteiger partial charge in [-0.3, -0.25) is 0 Å². The summed E-state index contributed by atoms with van der Waals surface area (Å²) in [6.07, 6.45) is 2.71. The largest absolute Gasteiger partial charge is 0.493 e. The van der Waals surface area contributed by atoms with Crippen LogP contribution < -0.4 is 14.8 Å². The number of hydrogen-bond acceptors (Lipinski definition) is 7. The number of likely N-dealkylation sites (tertiary alicyclic amines) is 1. The monoisotopic (exact) mass is 562 g/mol. The summed E-state index contributed by atoms with van der Waals surface area (Å²) >= 11 is 11.9. The van der Waals surface area contributed by atoms with E-state index in [0.717, 1.165) is 12.8 Å². The molecular formula is C27H29Cl2FN4O4. The number of anilines is 2. The van der Waals surface area contributed by atoms with Crippen LogP contribution in [0, 0.1) is 17.7 Å². The van der Waals surface area contributed by atoms with Crippen molar-refractivity contribution in [3.05, 3.63) is 46.5 Å². The number of benzene rings is 2. The van der Waals surface area contributed by atoms with Crippen molar-refractivity contribution in [3.8, 4) is 11.5 Å². The first-order chi connectivity index (χ1) is 18.0. The molecule has 1 aliphatic carbocycles. The smallest absolute Gasteiger partial charge is 0.410 e. The number of carbonyl (C=O) groups excluding carboxylic acids is 1. The Morgan fingerprint density at radius 3 is 2.47 bits per heavy atom. The van der Waals surface area contributed by atoms with Gasteiger partial charge in [0.1, 0.15) is 17.7 Å². The van der Waals surface area contributed by atoms with Gasteiger partial charge < -0.3 is 24.4 Å². The number of aromatic nitrogens is 2. The molecule has 5 rings (SSSR count). The fraction of sp³-hybridized carbons (Fsp3) is 0.444. The average Bonchev–Trinajstić information content (AvgIpc) is 3.42. The summed E-state index contributed by atoms with van der Waals surface area (Å²) in [5.41, 5.74) is 0.218. The fourth-order valence-electron chi connectivity index (χ4n) is 5.16. The first-order valence-electron chi connectivity index (χ1n) is 12.4. The van der Waals surface area contributed by atoms with Crippen molar-refractivity contribution in [2.45, 2.75) is 45.3 Å². The number of amides is 1. The zero-order chi connectivity index (χ0) is 27.2. The van der Waals surface area contributed by atoms with Crippen molar-refractivity contribution in [1.82, 2.24) is 14.9 Å². The Morgan fingerprint density at radius 1 is 1.11 bits per heavy atom. The quantitative estimate of drug-likeness (QED) is 0.340. The van der Waals surface area contributed by atoms with Crippen LogP contribution in [0.5, 0.6) is 11.5 Å². The average molecular weight is 563 g/mol. The highest BCUT2D eigenvalue weighted by molar-refractivity contribution is 6.42. The molecule has 1 amide bonds. The van der Waals surface area contributed by atoms with Crippen LogP contribution >= 0.6 is 23.2 Å². The number of halogens is 3. The molecular weight excluding hydrogens is 534 g/mol. The summed E-state index contributed by atoms with van der Waals surface area (Å²) in [4.78, 5) is 22.9. The van der Waals surface area contributed by atoms with Crippen LogP contribution in [-0.2, 0) is 4.74 Å². The summed E-state index contributed by atoms with van der Waals surface area (Å²) in [7, 11) is 1.57. The second kappa shape index (κ2) is 10.3. The number of fused-ring (bicyclic) bond motifs is 2. The van der Waals surface area contributed by atoms with Gasteiger partial charge in [0.25, 0.3) is 0 Å². The van der Waals surface area contributed by atoms with Crippen LogP contribution in [0.25, 0.3) is 10.9 Å². The third-order valence-corrected chi connectivity index (χ3v) is 7.64. The molecule has 38 heavy (non-hydrogen) atoms. The van der Waals surface area contributed by atoms with Crippen molar-refractivity contribution >= 4 is 51.7 Å². The van der Waals surface area contributed by atoms with E-state index in [1.807, 2.05) is 20.8 Å². The first-order valence-corrected chi connectivity index (χ1v) is 13.2. The fourth-order valence-corrected chi connectivity index (χ4v) is 5.47. The van der Waals surface area contributed by atoms with Gasteiger partial charge in [0.2, 0.25) is 0 Å². The van der Waals surface area contributed by atoms with Gasteiger partial charge in [0.15, 0.2) is 17.3 Å². The standard InChI is InChI=1S/C27H29Cl2FN4O4/c1-27(2,3)38-26(35)34-11-14-7-16(8-15(14)12-34)37-22-9-17-20(10-21(22)36-4)31-13-32-25(17)33-19-6-5-18(28)23(29)24(19)30/h5-6,9-10,13-16H,7-8,11-12H2,1-4H3,(H,31,32,33). The number of nitrogens with one attached hydrogen (secondary N) is 1. The second-order valence-corrected chi connectivity index (χ2v) is 11.5. The molecule has 0 bridgehead atoms. The number of ether oxygens (including phenoxy) is 3. The van der Waals surface area contributed by atoms with E-state index >= 15 is 0 Å². The van der Waals surface area contributed by atoms with Crippen molar-refractivity contribution < 1.29 is 23.4 Å². The third-order valence-electron chi connectivity index (χ3n) is 6.86. The molecule has 2 atom stereocenters. The Bertz CT molecular complexity index is 1370. The highest BCUT2D eigenvalue weighted by atomic mass is 35.5. The predicted octanol–water partition coefficient (Wildman–Crippen LogP) is 6.85. The molecule has 3 aromatic rings. The van der Waals surface area contributed by atoms with Crippen LogP contribution in [0.4, 0.5) is 20.7 Å². The van der Waals surface area contributed by atoms with E-state index < -0.39 is 11.4 Å². The van der Waals surface area contributed by atoms with Crippen molar-refractivity contribution in [2.75, 3.05) is 25.5 Å². The lowest BCUT2D eigenvalue weighted by atomic mass is 10.0. The molecule has 0 spiro atoms. The Labute approximate surface area is 230 Å². The lowest BCUT2D eigenvalue weighted by Gasteiger charge is -2.25. The molecule has 2 aromatic carbocycles. The summed E-state index contributed by atoms with van der Waals surface area (Å²) in [6.45, 7) is 6.93. The van der Waals surface area contributed by atoms with Gasteiger partial charge in [-0.2, -0.15) is 0 Å². The SMILES string of the molecule is COc1cc2ncnc(Nc3ccc(Cl)c(Cl)c3F)c2cc1OC1CC2CN(C(=O)OC(C)(C)C)CC2C1. The molecule has 1 aliphatic heterocycles. The maximum absolute atomic E-state index is 14.7. The number of methoxy groups -OCH3 is 1. The van der Waals surface area contributed by atoms with Gasteiger partial charge in [0, 0.05) is 24.5 Å². The van der Waals surface area contributed by atoms with Crippen LogP contribution in [0.15, 0.2) is 30.6 Å². The third kappa shape index (κ3) is 5.40. The zero-order valence-electron chi connectivity index (χ0n) is 21.6. The summed E-state index contributed by atoms with van der Waals surface area (Å²) < 4.78 is 32.2. The van der Waals surface area contributed by atoms with Gasteiger partial charge in [-0.25, -0.2) is 19.2 Å². The molecule has 1 saturated heterocycles. The highest BCUT2D eigenvalue weighted by Gasteiger charge is 2.44. The van der Waals surface area contributed by atoms with E-state index in [2.05, 4.69) is 15.3 Å². The van der Waals surface area contributed by atoms with Gasteiger partial charge in [-0.05, 0) is 63.6 Å². The van der Waals surface area contributed by atoms with E-state index in [0.29, 0.717) is 53.1 Å². The summed E-state index contributed by atoms with van der Waals surface area (Å²) in [5.74, 6) is 1.48. The zero-order valence-corrected chi connectivity index (χ0v) is 23.1. The van der Waals surface area contributed by atoms with Crippen molar-refractivity contribution in [1.29, 1.82) is 0 Å². The Kier molecular flexibility index (Phi) is 7.17. The Morgan fingerprint density at radius 2 is 1.82 bits per heavy atom. The molecule has 8 nitrogen and oxygen atoms in total. The highest BCUT2D eigenvalue weighted by Crippen LogP contribution is 2.43. The van der Waals surface area contributed by atoms with E-state index in [1.54, 1.807) is 24.1 Å². The maximum Gasteiger partial charge on any atom is 0.410 e. The molecule has 2 fully saturated rings. The molecule has 0 radical (unpaired) electrons. The van der Waals surface area contributed by atoms with Crippen LogP contribution in [0.3, 0.4) is 0 Å². The van der Waals surface area contributed by atoms with Gasteiger partial charge in [-0.15, -0.1) is 0 Å². The molecule has 11 heteroatoms. The van der Waals surface area contributed by atoms with Crippen LogP contribution in [0.1, 0.15) is 33.6 Å². The van der Waals surface area contributed by atoms with E-state index in [-0.39, 0.29) is 27.9 Å². The molecule has 1 N–H and O–H groups in total. The first kappa shape index (κ1) is 26.6. The maximum atomic E-state index is 14.7. The van der Waals surface area contributed by atoms with Gasteiger partial charge in [-0.1, -0.05) is 23.2 Å². The minimum atomic E-state index is -0.672. The minimum Gasteiger partial charge on any atom is -0.493 e. The molecule has 2 heterocycles. The number of nitrogens with zero attached hydrogens (tertiary/aromatic N) is 3. The van der Waals surface area contributed by atoms with Gasteiger partial charge in [0.05, 0.1) is 34.5 Å². The molecule has 1 saturated carbocycles. The van der Waals surface area contributed by atoms with Crippen LogP contribution in [-0.4, -0.2) is 52.9 Å². The van der Waals surface area contributed by atoms with E-state index in [1.165, 1.54) is 18.5 Å². The Balaban J connectivity index is 1.34. The lowest BCUT2D eigenvalue weighted by Crippen LogP contribution is -2.36. The van der Waals surface area contributed by atoms with Crippen molar-refractivity contribution in [3.63, 3.8) is 0 Å². The number of rotatable bonds is 5. The molecule has 1 aromatic heterocycles. The topological polar surface area (TPSA) is 85.8 Å². The molecule has 202 valence electrons. The van der Waals surface area contributed by atoms with Crippen LogP contribution in [0.2, 0.25) is 10.0 Å². The summed E-state index contributed by atoms with van der Waals surface area (Å²) in [6, 6.07) is 6.57. The normalized spacial score (nSPS) is 20.9. The minimum absolute atomic E-state index is 0.0364. The molecule has 2 unspecified atom stereocenters.